The van der Waals surface area contributed by atoms with Crippen molar-refractivity contribution in [1.29, 1.82) is 0 Å². The average Bonchev–Trinajstić information content (AvgIpc) is 3.65. The van der Waals surface area contributed by atoms with Gasteiger partial charge in [-0.15, -0.1) is 0 Å². The number of hydrogen-bond donors (Lipinski definition) is 1. The third-order valence-corrected chi connectivity index (χ3v) is 7.76. The number of ether oxygens (including phenoxy) is 1. The Bertz CT molecular complexity index is 1230. The van der Waals surface area contributed by atoms with Crippen molar-refractivity contribution in [2.24, 2.45) is 0 Å². The summed E-state index contributed by atoms with van der Waals surface area (Å²) in [6, 6.07) is 4.10. The van der Waals surface area contributed by atoms with Crippen LogP contribution in [0.3, 0.4) is 0 Å². The summed E-state index contributed by atoms with van der Waals surface area (Å²) in [5.41, 5.74) is 4.85. The Labute approximate surface area is 213 Å². The lowest BCUT2D eigenvalue weighted by atomic mass is 9.88. The van der Waals surface area contributed by atoms with Crippen molar-refractivity contribution in [3.8, 4) is 0 Å². The predicted octanol–water partition coefficient (Wildman–Crippen LogP) is 4.41. The molecule has 0 bridgehead atoms. The van der Waals surface area contributed by atoms with Gasteiger partial charge in [0.1, 0.15) is 12.1 Å². The SMILES string of the molecule is CC[C@](C)(O)C(/C=C1/c2nc3cc(F)c(C)cc3c(CCN(C)C3CC3)c2CN1C)=C(/C=O)COC. The number of aryl methyl sites for hydroxylation is 1. The van der Waals surface area contributed by atoms with Crippen LogP contribution in [0.1, 0.15) is 55.5 Å². The maximum Gasteiger partial charge on any atom is 0.148 e. The van der Waals surface area contributed by atoms with Crippen LogP contribution in [-0.2, 0) is 22.5 Å². The van der Waals surface area contributed by atoms with Gasteiger partial charge in [0.05, 0.1) is 29.1 Å². The van der Waals surface area contributed by atoms with Gasteiger partial charge in [-0.1, -0.05) is 6.92 Å². The van der Waals surface area contributed by atoms with Crippen LogP contribution in [0, 0.1) is 12.7 Å². The minimum atomic E-state index is -1.22. The summed E-state index contributed by atoms with van der Waals surface area (Å²) in [6.45, 7) is 7.06. The second kappa shape index (κ2) is 10.4. The smallest absolute Gasteiger partial charge is 0.148 e. The molecule has 194 valence electrons. The second-order valence-corrected chi connectivity index (χ2v) is 10.5. The van der Waals surface area contributed by atoms with Gasteiger partial charge in [-0.3, -0.25) is 4.79 Å². The van der Waals surface area contributed by atoms with E-state index in [1.54, 1.807) is 13.8 Å². The fourth-order valence-electron chi connectivity index (χ4n) is 5.09. The molecular weight excluding hydrogens is 457 g/mol. The largest absolute Gasteiger partial charge is 0.385 e. The molecule has 0 amide bonds. The van der Waals surface area contributed by atoms with E-state index in [1.165, 1.54) is 31.6 Å². The molecule has 1 aliphatic carbocycles. The van der Waals surface area contributed by atoms with Gasteiger partial charge in [-0.05, 0) is 75.4 Å². The van der Waals surface area contributed by atoms with Gasteiger partial charge in [0.25, 0.3) is 0 Å². The van der Waals surface area contributed by atoms with Crippen LogP contribution in [0.25, 0.3) is 16.6 Å². The monoisotopic (exact) mass is 495 g/mol. The second-order valence-electron chi connectivity index (χ2n) is 10.5. The molecule has 0 saturated heterocycles. The topological polar surface area (TPSA) is 65.9 Å². The zero-order valence-corrected chi connectivity index (χ0v) is 22.3. The predicted molar refractivity (Wildman–Crippen MR) is 141 cm³/mol. The number of aromatic nitrogens is 1. The summed E-state index contributed by atoms with van der Waals surface area (Å²) in [4.78, 5) is 21.4. The zero-order chi connectivity index (χ0) is 26.2. The Kier molecular flexibility index (Phi) is 7.64. The lowest BCUT2D eigenvalue weighted by Crippen LogP contribution is -2.28. The number of carbonyl (C=O) groups is 1. The number of pyridine rings is 1. The summed E-state index contributed by atoms with van der Waals surface area (Å²) >= 11 is 0. The Morgan fingerprint density at radius 3 is 2.72 bits per heavy atom. The number of nitrogens with zero attached hydrogens (tertiary/aromatic N) is 3. The van der Waals surface area contributed by atoms with Crippen LogP contribution in [0.2, 0.25) is 0 Å². The van der Waals surface area contributed by atoms with Crippen LogP contribution >= 0.6 is 0 Å². The lowest BCUT2D eigenvalue weighted by Gasteiger charge is -2.26. The molecule has 2 heterocycles. The van der Waals surface area contributed by atoms with E-state index in [1.807, 2.05) is 26.1 Å². The zero-order valence-electron chi connectivity index (χ0n) is 22.3. The third-order valence-electron chi connectivity index (χ3n) is 7.76. The summed E-state index contributed by atoms with van der Waals surface area (Å²) in [6.07, 6.45) is 6.39. The van der Waals surface area contributed by atoms with E-state index in [-0.39, 0.29) is 12.4 Å². The fourth-order valence-corrected chi connectivity index (χ4v) is 5.09. The molecule has 1 aromatic carbocycles. The highest BCUT2D eigenvalue weighted by atomic mass is 19.1. The Balaban J connectivity index is 1.90. The van der Waals surface area contributed by atoms with Crippen LogP contribution < -0.4 is 0 Å². The molecule has 1 saturated carbocycles. The molecule has 0 unspecified atom stereocenters. The summed E-state index contributed by atoms with van der Waals surface area (Å²) in [5, 5.41) is 12.2. The number of benzene rings is 1. The molecule has 2 aliphatic rings. The first kappa shape index (κ1) is 26.5. The van der Waals surface area contributed by atoms with E-state index < -0.39 is 5.60 Å². The van der Waals surface area contributed by atoms with Crippen molar-refractivity contribution >= 4 is 22.9 Å². The minimum Gasteiger partial charge on any atom is -0.385 e. The highest BCUT2D eigenvalue weighted by Crippen LogP contribution is 2.39. The number of hydrogen-bond acceptors (Lipinski definition) is 6. The minimum absolute atomic E-state index is 0.101. The number of aldehydes is 1. The van der Waals surface area contributed by atoms with E-state index in [0.29, 0.717) is 41.2 Å². The van der Waals surface area contributed by atoms with Gasteiger partial charge in [0, 0.05) is 55.9 Å². The normalized spacial score (nSPS) is 19.1. The van der Waals surface area contributed by atoms with Gasteiger partial charge in [-0.25, -0.2) is 9.37 Å². The number of fused-ring (bicyclic) bond motifs is 2. The number of halogens is 1. The number of methoxy groups -OCH3 is 1. The van der Waals surface area contributed by atoms with Crippen molar-refractivity contribution in [2.75, 3.05) is 34.4 Å². The van der Waals surface area contributed by atoms with E-state index >= 15 is 0 Å². The van der Waals surface area contributed by atoms with Crippen LogP contribution in [0.5, 0.6) is 0 Å². The fraction of sp³-hybridized carbons (Fsp3) is 0.517. The number of aliphatic hydroxyl groups is 1. The molecule has 1 atom stereocenters. The molecule has 0 radical (unpaired) electrons. The standard InChI is InChI=1S/C29H38FN3O3/c1-7-29(3,35)24(19(16-34)17-36-6)13-27-28-23(15-33(27)5)21(10-11-32(4)20-8-9-20)22-12-18(2)25(30)14-26(22)31-28/h12-14,16,20,35H,7-11,15,17H2,1-6H3/b24-19-,27-13-/t29-/m0/s1. The molecule has 36 heavy (non-hydrogen) atoms. The average molecular weight is 496 g/mol. The number of rotatable bonds is 10. The maximum atomic E-state index is 14.6. The van der Waals surface area contributed by atoms with Gasteiger partial charge < -0.3 is 19.6 Å². The van der Waals surface area contributed by atoms with Crippen molar-refractivity contribution in [1.82, 2.24) is 14.8 Å². The molecule has 4 rings (SSSR count). The summed E-state index contributed by atoms with van der Waals surface area (Å²) in [5.74, 6) is -0.272. The summed E-state index contributed by atoms with van der Waals surface area (Å²) in [7, 11) is 5.69. The molecule has 0 spiro atoms. The molecule has 2 aromatic rings. The third kappa shape index (κ3) is 5.10. The van der Waals surface area contributed by atoms with Crippen molar-refractivity contribution in [2.45, 2.75) is 64.6 Å². The maximum absolute atomic E-state index is 14.6. The van der Waals surface area contributed by atoms with Crippen LogP contribution in [-0.4, -0.2) is 72.2 Å². The van der Waals surface area contributed by atoms with Gasteiger partial charge >= 0.3 is 0 Å². The highest BCUT2D eigenvalue weighted by Gasteiger charge is 2.32. The molecule has 1 aliphatic heterocycles. The highest BCUT2D eigenvalue weighted by molar-refractivity contribution is 5.89. The first-order valence-corrected chi connectivity index (χ1v) is 12.8. The van der Waals surface area contributed by atoms with Crippen LogP contribution in [0.4, 0.5) is 4.39 Å². The van der Waals surface area contributed by atoms with E-state index in [4.69, 9.17) is 9.72 Å². The molecule has 1 aromatic heterocycles. The molecule has 1 fully saturated rings. The number of carbonyl (C=O) groups excluding carboxylic acids is 1. The first-order valence-electron chi connectivity index (χ1n) is 12.8. The Morgan fingerprint density at radius 1 is 1.39 bits per heavy atom. The Hall–Kier alpha value is -2.61. The summed E-state index contributed by atoms with van der Waals surface area (Å²) < 4.78 is 19.9. The van der Waals surface area contributed by atoms with Crippen molar-refractivity contribution < 1.29 is 19.0 Å². The Morgan fingerprint density at radius 2 is 2.11 bits per heavy atom. The quantitative estimate of drug-likeness (QED) is 0.389. The molecule has 1 N–H and O–H groups in total. The molecule has 7 heteroatoms. The van der Waals surface area contributed by atoms with Gasteiger partial charge in [0.2, 0.25) is 0 Å². The molecule has 6 nitrogen and oxygen atoms in total. The first-order chi connectivity index (χ1) is 17.1. The van der Waals surface area contributed by atoms with Gasteiger partial charge in [-0.2, -0.15) is 0 Å². The van der Waals surface area contributed by atoms with E-state index in [2.05, 4.69) is 16.8 Å². The number of likely N-dealkylation sites (N-methyl/N-ethyl adjacent to an activating group) is 1. The van der Waals surface area contributed by atoms with Crippen LogP contribution in [0.15, 0.2) is 29.4 Å². The van der Waals surface area contributed by atoms with E-state index in [9.17, 15) is 14.3 Å². The lowest BCUT2D eigenvalue weighted by molar-refractivity contribution is -0.105. The van der Waals surface area contributed by atoms with Crippen molar-refractivity contribution in [3.63, 3.8) is 0 Å². The molecular formula is C29H38FN3O3. The van der Waals surface area contributed by atoms with E-state index in [0.717, 1.165) is 41.6 Å². The van der Waals surface area contributed by atoms with Gasteiger partial charge in [0.15, 0.2) is 0 Å². The van der Waals surface area contributed by atoms with Crippen molar-refractivity contribution in [3.05, 3.63) is 57.6 Å².